The van der Waals surface area contributed by atoms with Crippen molar-refractivity contribution in [2.24, 2.45) is 0 Å². The molecule has 3 nitrogen and oxygen atoms in total. The molecule has 0 saturated heterocycles. The normalized spacial score (nSPS) is 10.3. The molecule has 0 aliphatic carbocycles. The van der Waals surface area contributed by atoms with Gasteiger partial charge >= 0.3 is 0 Å². The number of methoxy groups -OCH3 is 2. The van der Waals surface area contributed by atoms with Crippen molar-refractivity contribution in [2.45, 2.75) is 12.5 Å². The largest absolute Gasteiger partial charge is 0.497 e. The number of benzene rings is 2. The maximum absolute atomic E-state index is 5.96. The smallest absolute Gasteiger partial charge is 0.125 e. The number of ether oxygens (including phenoxy) is 3. The van der Waals surface area contributed by atoms with Crippen LogP contribution in [0.1, 0.15) is 11.1 Å². The van der Waals surface area contributed by atoms with E-state index in [-0.39, 0.29) is 0 Å². The molecule has 0 radical (unpaired) electrons. The van der Waals surface area contributed by atoms with Crippen LogP contribution in [0.4, 0.5) is 0 Å². The lowest BCUT2D eigenvalue weighted by molar-refractivity contribution is 0.294. The predicted octanol–water partition coefficient (Wildman–Crippen LogP) is 4.78. The van der Waals surface area contributed by atoms with Crippen LogP contribution in [0.2, 0.25) is 0 Å². The van der Waals surface area contributed by atoms with E-state index < -0.39 is 0 Å². The summed E-state index contributed by atoms with van der Waals surface area (Å²) in [4.78, 5) is 0. The van der Waals surface area contributed by atoms with Gasteiger partial charge in [-0.2, -0.15) is 0 Å². The molecule has 0 saturated carbocycles. The maximum Gasteiger partial charge on any atom is 0.125 e. The molecule has 0 bridgehead atoms. The van der Waals surface area contributed by atoms with Crippen molar-refractivity contribution in [3.8, 4) is 17.2 Å². The zero-order chi connectivity index (χ0) is 15.2. The van der Waals surface area contributed by atoms with Crippen molar-refractivity contribution in [2.75, 3.05) is 14.2 Å². The number of hydrogen-bond donors (Lipinski definition) is 0. The van der Waals surface area contributed by atoms with Crippen molar-refractivity contribution in [3.05, 3.63) is 52.0 Å². The van der Waals surface area contributed by atoms with Gasteiger partial charge < -0.3 is 14.2 Å². The lowest BCUT2D eigenvalue weighted by atomic mass is 10.2. The van der Waals surface area contributed by atoms with E-state index in [0.717, 1.165) is 32.8 Å². The Morgan fingerprint density at radius 2 is 1.71 bits per heavy atom. The monoisotopic (exact) mass is 370 g/mol. The molecule has 0 spiro atoms. The highest BCUT2D eigenvalue weighted by atomic mass is 79.9. The average Bonchev–Trinajstić information content (AvgIpc) is 2.52. The second kappa shape index (κ2) is 7.57. The Morgan fingerprint density at radius 1 is 0.952 bits per heavy atom. The van der Waals surface area contributed by atoms with Crippen LogP contribution in [0, 0.1) is 0 Å². The van der Waals surface area contributed by atoms with Crippen LogP contribution >= 0.6 is 27.5 Å². The Hall–Kier alpha value is -1.39. The summed E-state index contributed by atoms with van der Waals surface area (Å²) in [5, 5.41) is 0. The van der Waals surface area contributed by atoms with Gasteiger partial charge in [0.05, 0.1) is 20.1 Å². The Labute approximate surface area is 137 Å². The minimum atomic E-state index is 0.363. The van der Waals surface area contributed by atoms with E-state index in [9.17, 15) is 0 Å². The molecule has 0 N–H and O–H groups in total. The van der Waals surface area contributed by atoms with Crippen LogP contribution in [0.15, 0.2) is 40.9 Å². The summed E-state index contributed by atoms with van der Waals surface area (Å²) >= 11 is 9.41. The summed E-state index contributed by atoms with van der Waals surface area (Å²) in [6, 6.07) is 11.4. The van der Waals surface area contributed by atoms with E-state index in [4.69, 9.17) is 25.8 Å². The summed E-state index contributed by atoms with van der Waals surface area (Å²) in [5.41, 5.74) is 1.85. The van der Waals surface area contributed by atoms with Gasteiger partial charge in [-0.3, -0.25) is 0 Å². The Kier molecular flexibility index (Phi) is 5.76. The maximum atomic E-state index is 5.96. The first kappa shape index (κ1) is 16.0. The quantitative estimate of drug-likeness (QED) is 0.684. The number of halogens is 2. The Balaban J connectivity index is 2.18. The highest BCUT2D eigenvalue weighted by Gasteiger charge is 2.08. The number of alkyl halides is 1. The fourth-order valence-corrected chi connectivity index (χ4v) is 2.56. The summed E-state index contributed by atoms with van der Waals surface area (Å²) in [5.74, 6) is 2.66. The van der Waals surface area contributed by atoms with Crippen molar-refractivity contribution < 1.29 is 14.2 Å². The lowest BCUT2D eigenvalue weighted by Gasteiger charge is -2.13. The summed E-state index contributed by atoms with van der Waals surface area (Å²) < 4.78 is 17.4. The van der Waals surface area contributed by atoms with Gasteiger partial charge in [0.25, 0.3) is 0 Å². The van der Waals surface area contributed by atoms with Crippen LogP contribution in [-0.4, -0.2) is 14.2 Å². The van der Waals surface area contributed by atoms with Crippen LogP contribution in [0.25, 0.3) is 0 Å². The molecule has 5 heteroatoms. The molecule has 0 unspecified atom stereocenters. The van der Waals surface area contributed by atoms with Gasteiger partial charge in [0.15, 0.2) is 0 Å². The van der Waals surface area contributed by atoms with Crippen molar-refractivity contribution in [1.29, 1.82) is 0 Å². The molecule has 2 rings (SSSR count). The minimum Gasteiger partial charge on any atom is -0.497 e. The first-order valence-electron chi connectivity index (χ1n) is 6.36. The van der Waals surface area contributed by atoms with Gasteiger partial charge in [-0.15, -0.1) is 11.6 Å². The van der Waals surface area contributed by atoms with Gasteiger partial charge in [0.2, 0.25) is 0 Å². The molecule has 0 aliphatic heterocycles. The minimum absolute atomic E-state index is 0.363. The molecule has 0 fully saturated rings. The van der Waals surface area contributed by atoms with Crippen LogP contribution in [0.3, 0.4) is 0 Å². The number of rotatable bonds is 6. The van der Waals surface area contributed by atoms with E-state index in [0.29, 0.717) is 12.5 Å². The molecule has 0 amide bonds. The molecule has 112 valence electrons. The van der Waals surface area contributed by atoms with E-state index in [2.05, 4.69) is 15.9 Å². The third-order valence-corrected chi connectivity index (χ3v) is 3.82. The highest BCUT2D eigenvalue weighted by Crippen LogP contribution is 2.28. The van der Waals surface area contributed by atoms with E-state index in [1.54, 1.807) is 14.2 Å². The van der Waals surface area contributed by atoms with Crippen LogP contribution in [0.5, 0.6) is 17.2 Å². The average molecular weight is 372 g/mol. The van der Waals surface area contributed by atoms with Crippen molar-refractivity contribution in [1.82, 2.24) is 0 Å². The molecular weight excluding hydrogens is 356 g/mol. The molecule has 0 heterocycles. The first-order valence-corrected chi connectivity index (χ1v) is 7.68. The van der Waals surface area contributed by atoms with Gasteiger partial charge in [-0.05, 0) is 36.4 Å². The fourth-order valence-electron chi connectivity index (χ4n) is 1.94. The zero-order valence-electron chi connectivity index (χ0n) is 11.9. The molecular formula is C16H16BrClO3. The highest BCUT2D eigenvalue weighted by molar-refractivity contribution is 9.10. The van der Waals surface area contributed by atoms with Crippen molar-refractivity contribution >= 4 is 27.5 Å². The summed E-state index contributed by atoms with van der Waals surface area (Å²) in [6.07, 6.45) is 0. The predicted molar refractivity (Wildman–Crippen MR) is 87.6 cm³/mol. The third kappa shape index (κ3) is 4.05. The zero-order valence-corrected chi connectivity index (χ0v) is 14.2. The number of hydrogen-bond acceptors (Lipinski definition) is 3. The second-order valence-corrected chi connectivity index (χ2v) is 5.54. The molecule has 2 aromatic carbocycles. The second-order valence-electron chi connectivity index (χ2n) is 4.35. The Bertz CT molecular complexity index is 616. The van der Waals surface area contributed by atoms with Gasteiger partial charge in [0.1, 0.15) is 23.9 Å². The van der Waals surface area contributed by atoms with E-state index >= 15 is 0 Å². The fraction of sp³-hybridized carbons (Fsp3) is 0.250. The topological polar surface area (TPSA) is 27.7 Å². The molecule has 0 atom stereocenters. The van der Waals surface area contributed by atoms with Crippen LogP contribution < -0.4 is 14.2 Å². The Morgan fingerprint density at radius 3 is 2.38 bits per heavy atom. The molecule has 2 aromatic rings. The van der Waals surface area contributed by atoms with Crippen LogP contribution in [-0.2, 0) is 12.5 Å². The van der Waals surface area contributed by atoms with Gasteiger partial charge in [-0.25, -0.2) is 0 Å². The SMILES string of the molecule is COc1ccc(OCc2cc(Br)ccc2OC)c(CCl)c1. The summed E-state index contributed by atoms with van der Waals surface area (Å²) in [6.45, 7) is 0.402. The van der Waals surface area contributed by atoms with Crippen molar-refractivity contribution in [3.63, 3.8) is 0 Å². The van der Waals surface area contributed by atoms with Gasteiger partial charge in [-0.1, -0.05) is 15.9 Å². The standard InChI is InChI=1S/C16H16BrClO3/c1-19-14-4-6-16(11(8-14)9-18)21-10-12-7-13(17)3-5-15(12)20-2/h3-8H,9-10H2,1-2H3. The molecule has 0 aromatic heterocycles. The molecule has 0 aliphatic rings. The first-order chi connectivity index (χ1) is 10.2. The van der Waals surface area contributed by atoms with Gasteiger partial charge in [0, 0.05) is 15.6 Å². The molecule has 21 heavy (non-hydrogen) atoms. The lowest BCUT2D eigenvalue weighted by Crippen LogP contribution is -2.01. The van der Waals surface area contributed by atoms with E-state index in [1.165, 1.54) is 0 Å². The summed E-state index contributed by atoms with van der Waals surface area (Å²) in [7, 11) is 3.27. The third-order valence-electron chi connectivity index (χ3n) is 3.04. The van der Waals surface area contributed by atoms with E-state index in [1.807, 2.05) is 36.4 Å².